The zero-order chi connectivity index (χ0) is 20.4. The summed E-state index contributed by atoms with van der Waals surface area (Å²) >= 11 is 14.1. The van der Waals surface area contributed by atoms with Crippen LogP contribution in [0.3, 0.4) is 0 Å². The number of halogens is 2. The molecule has 29 heavy (non-hydrogen) atoms. The topological polar surface area (TPSA) is 40.6 Å². The monoisotopic (exact) mass is 454 g/mol. The van der Waals surface area contributed by atoms with E-state index < -0.39 is 0 Å². The Balaban J connectivity index is 1.37. The molecule has 1 aromatic rings. The van der Waals surface area contributed by atoms with Crippen molar-refractivity contribution in [1.82, 2.24) is 9.80 Å². The lowest BCUT2D eigenvalue weighted by Crippen LogP contribution is -2.53. The van der Waals surface area contributed by atoms with Gasteiger partial charge in [-0.25, -0.2) is 0 Å². The maximum Gasteiger partial charge on any atom is 0.256 e. The van der Waals surface area contributed by atoms with Gasteiger partial charge in [0.15, 0.2) is 0 Å². The molecule has 7 heteroatoms. The second kappa shape index (κ2) is 9.07. The quantitative estimate of drug-likeness (QED) is 0.605. The number of nitrogens with zero attached hydrogens (tertiary/aromatic N) is 2. The molecular weight excluding hydrogens is 427 g/mol. The molecule has 0 radical (unpaired) electrons. The van der Waals surface area contributed by atoms with Crippen LogP contribution in [0, 0.1) is 5.92 Å². The zero-order valence-electron chi connectivity index (χ0n) is 16.7. The Bertz CT molecular complexity index is 774. The van der Waals surface area contributed by atoms with Crippen LogP contribution >= 0.6 is 35.0 Å². The number of amides is 2. The van der Waals surface area contributed by atoms with Gasteiger partial charge in [-0.05, 0) is 43.4 Å². The second-order valence-electron chi connectivity index (χ2n) is 8.45. The van der Waals surface area contributed by atoms with E-state index in [1.165, 1.54) is 25.7 Å². The highest BCUT2D eigenvalue weighted by atomic mass is 35.5. The molecule has 2 aliphatic heterocycles. The van der Waals surface area contributed by atoms with E-state index in [2.05, 4.69) is 0 Å². The zero-order valence-corrected chi connectivity index (χ0v) is 19.0. The summed E-state index contributed by atoms with van der Waals surface area (Å²) in [7, 11) is 0. The van der Waals surface area contributed by atoms with Gasteiger partial charge in [-0.15, -0.1) is 11.8 Å². The van der Waals surface area contributed by atoms with E-state index >= 15 is 0 Å². The van der Waals surface area contributed by atoms with E-state index in [9.17, 15) is 9.59 Å². The van der Waals surface area contributed by atoms with Crippen LogP contribution in [0.25, 0.3) is 0 Å². The van der Waals surface area contributed by atoms with Crippen molar-refractivity contribution in [2.45, 2.75) is 56.2 Å². The molecule has 2 saturated heterocycles. The lowest BCUT2D eigenvalue weighted by Gasteiger charge is -2.44. The fourth-order valence-corrected chi connectivity index (χ4v) is 6.95. The highest BCUT2D eigenvalue weighted by Crippen LogP contribution is 2.45. The minimum Gasteiger partial charge on any atom is -0.342 e. The van der Waals surface area contributed by atoms with Crippen molar-refractivity contribution in [2.24, 2.45) is 5.92 Å². The minimum atomic E-state index is -0.220. The molecule has 158 valence electrons. The standard InChI is InChI=1S/C22H28Cl2N2O2S/c23-17-6-7-18(19(24)15-17)21(28)26-13-14-29-22(26)9-11-25(12-10-22)20(27)8-5-16-3-1-2-4-16/h6-7,15-16H,1-5,8-14H2. The summed E-state index contributed by atoms with van der Waals surface area (Å²) in [6.45, 7) is 2.18. The van der Waals surface area contributed by atoms with E-state index in [-0.39, 0.29) is 16.7 Å². The van der Waals surface area contributed by atoms with Crippen LogP contribution in [0.5, 0.6) is 0 Å². The Morgan fingerprint density at radius 2 is 1.83 bits per heavy atom. The van der Waals surface area contributed by atoms with Gasteiger partial charge in [0.1, 0.15) is 0 Å². The van der Waals surface area contributed by atoms with Crippen LogP contribution in [0.4, 0.5) is 0 Å². The first-order valence-electron chi connectivity index (χ1n) is 10.7. The molecule has 0 bridgehead atoms. The first-order chi connectivity index (χ1) is 14.0. The summed E-state index contributed by atoms with van der Waals surface area (Å²) in [5.74, 6) is 1.93. The van der Waals surface area contributed by atoms with Crippen LogP contribution in [0.15, 0.2) is 18.2 Å². The van der Waals surface area contributed by atoms with Crippen LogP contribution in [-0.4, -0.2) is 51.9 Å². The second-order valence-corrected chi connectivity index (χ2v) is 10.7. The first-order valence-corrected chi connectivity index (χ1v) is 12.4. The maximum atomic E-state index is 13.2. The highest BCUT2D eigenvalue weighted by molar-refractivity contribution is 8.00. The fourth-order valence-electron chi connectivity index (χ4n) is 5.01. The summed E-state index contributed by atoms with van der Waals surface area (Å²) in [6, 6.07) is 5.05. The molecule has 4 nitrogen and oxygen atoms in total. The van der Waals surface area contributed by atoms with Crippen molar-refractivity contribution >= 4 is 46.8 Å². The number of benzene rings is 1. The van der Waals surface area contributed by atoms with Gasteiger partial charge in [0.2, 0.25) is 5.91 Å². The van der Waals surface area contributed by atoms with E-state index in [1.54, 1.807) is 18.2 Å². The molecule has 1 aromatic carbocycles. The summed E-state index contributed by atoms with van der Waals surface area (Å²) < 4.78 is 0. The van der Waals surface area contributed by atoms with Crippen molar-refractivity contribution in [3.05, 3.63) is 33.8 Å². The number of piperidine rings is 1. The van der Waals surface area contributed by atoms with Gasteiger partial charge in [0.05, 0.1) is 15.5 Å². The molecular formula is C22H28Cl2N2O2S. The molecule has 1 spiro atoms. The maximum absolute atomic E-state index is 13.2. The van der Waals surface area contributed by atoms with Crippen molar-refractivity contribution in [3.8, 4) is 0 Å². The lowest BCUT2D eigenvalue weighted by atomic mass is 9.98. The number of carbonyl (C=O) groups is 2. The SMILES string of the molecule is O=C(CCC1CCCC1)N1CCC2(CC1)SCCN2C(=O)c1ccc(Cl)cc1Cl. The van der Waals surface area contributed by atoms with Gasteiger partial charge < -0.3 is 9.80 Å². The molecule has 3 aliphatic rings. The number of likely N-dealkylation sites (tertiary alicyclic amines) is 1. The third-order valence-corrected chi connectivity index (χ3v) is 8.82. The number of thioether (sulfide) groups is 1. The Hall–Kier alpha value is -0.910. The molecule has 1 aliphatic carbocycles. The Morgan fingerprint density at radius 1 is 1.10 bits per heavy atom. The molecule has 2 heterocycles. The minimum absolute atomic E-state index is 0.0299. The first kappa shape index (κ1) is 21.3. The van der Waals surface area contributed by atoms with Gasteiger partial charge in [0.25, 0.3) is 5.91 Å². The molecule has 2 amide bonds. The summed E-state index contributed by atoms with van der Waals surface area (Å²) in [5.41, 5.74) is 0.507. The van der Waals surface area contributed by atoms with E-state index in [1.807, 2.05) is 21.6 Å². The van der Waals surface area contributed by atoms with Crippen LogP contribution in [-0.2, 0) is 4.79 Å². The Kier molecular flexibility index (Phi) is 6.67. The normalized spacial score (nSPS) is 21.9. The van der Waals surface area contributed by atoms with Gasteiger partial charge in [-0.2, -0.15) is 0 Å². The predicted molar refractivity (Wildman–Crippen MR) is 120 cm³/mol. The third kappa shape index (κ3) is 4.57. The molecule has 0 N–H and O–H groups in total. The fraction of sp³-hybridized carbons (Fsp3) is 0.636. The van der Waals surface area contributed by atoms with Crippen molar-refractivity contribution in [1.29, 1.82) is 0 Å². The van der Waals surface area contributed by atoms with Crippen LogP contribution in [0.2, 0.25) is 10.0 Å². The molecule has 1 saturated carbocycles. The summed E-state index contributed by atoms with van der Waals surface area (Å²) in [6.07, 6.45) is 8.58. The lowest BCUT2D eigenvalue weighted by molar-refractivity contribution is -0.133. The molecule has 0 atom stereocenters. The molecule has 3 fully saturated rings. The molecule has 4 rings (SSSR count). The van der Waals surface area contributed by atoms with Crippen molar-refractivity contribution in [3.63, 3.8) is 0 Å². The summed E-state index contributed by atoms with van der Waals surface area (Å²) in [4.78, 5) is 29.7. The Morgan fingerprint density at radius 3 is 2.52 bits per heavy atom. The van der Waals surface area contributed by atoms with E-state index in [0.29, 0.717) is 22.0 Å². The van der Waals surface area contributed by atoms with Crippen molar-refractivity contribution in [2.75, 3.05) is 25.4 Å². The smallest absolute Gasteiger partial charge is 0.256 e. The van der Waals surface area contributed by atoms with Gasteiger partial charge in [0, 0.05) is 36.8 Å². The number of hydrogen-bond donors (Lipinski definition) is 0. The third-order valence-electron chi connectivity index (χ3n) is 6.72. The van der Waals surface area contributed by atoms with Gasteiger partial charge in [-0.1, -0.05) is 48.9 Å². The molecule has 0 unspecified atom stereocenters. The Labute approximate surface area is 187 Å². The van der Waals surface area contributed by atoms with Gasteiger partial charge >= 0.3 is 0 Å². The summed E-state index contributed by atoms with van der Waals surface area (Å²) in [5, 5.41) is 0.926. The predicted octanol–water partition coefficient (Wildman–Crippen LogP) is 5.47. The number of hydrogen-bond acceptors (Lipinski definition) is 3. The van der Waals surface area contributed by atoms with E-state index in [0.717, 1.165) is 50.6 Å². The molecule has 0 aromatic heterocycles. The highest BCUT2D eigenvalue weighted by Gasteiger charge is 2.47. The number of rotatable bonds is 4. The average molecular weight is 455 g/mol. The average Bonchev–Trinajstić information content (AvgIpc) is 3.36. The van der Waals surface area contributed by atoms with Crippen LogP contribution < -0.4 is 0 Å². The van der Waals surface area contributed by atoms with Crippen molar-refractivity contribution < 1.29 is 9.59 Å². The van der Waals surface area contributed by atoms with E-state index in [4.69, 9.17) is 23.2 Å². The number of carbonyl (C=O) groups excluding carboxylic acids is 2. The van der Waals surface area contributed by atoms with Crippen LogP contribution in [0.1, 0.15) is 61.7 Å². The largest absolute Gasteiger partial charge is 0.342 e. The van der Waals surface area contributed by atoms with Gasteiger partial charge in [-0.3, -0.25) is 9.59 Å².